The van der Waals surface area contributed by atoms with Crippen LogP contribution in [0.1, 0.15) is 26.7 Å². The fraction of sp³-hybridized carbons (Fsp3) is 0.462. The van der Waals surface area contributed by atoms with Crippen LogP contribution in [0.15, 0.2) is 23.3 Å². The molecule has 5 nitrogen and oxygen atoms in total. The Morgan fingerprint density at radius 3 is 2.67 bits per heavy atom. The number of hydrogen-bond acceptors (Lipinski definition) is 4. The molecule has 0 aromatic heterocycles. The van der Waals surface area contributed by atoms with Crippen molar-refractivity contribution in [3.8, 4) is 0 Å². The normalized spacial score (nSPS) is 27.2. The van der Waals surface area contributed by atoms with Crippen LogP contribution in [0.2, 0.25) is 0 Å². The molecule has 1 aliphatic heterocycles. The van der Waals surface area contributed by atoms with Gasteiger partial charge in [-0.15, -0.1) is 0 Å². The first-order valence-corrected chi connectivity index (χ1v) is 5.95. The number of ketones is 2. The zero-order chi connectivity index (χ0) is 13.3. The number of amides is 1. The highest BCUT2D eigenvalue weighted by molar-refractivity contribution is 6.20. The predicted molar refractivity (Wildman–Crippen MR) is 63.6 cm³/mol. The van der Waals surface area contributed by atoms with Gasteiger partial charge in [-0.2, -0.15) is 0 Å². The molecule has 0 aromatic rings. The van der Waals surface area contributed by atoms with Crippen molar-refractivity contribution in [3.05, 3.63) is 23.3 Å². The Morgan fingerprint density at radius 2 is 2.06 bits per heavy atom. The molecule has 5 heteroatoms. The highest BCUT2D eigenvalue weighted by atomic mass is 16.5. The van der Waals surface area contributed by atoms with Gasteiger partial charge in [0, 0.05) is 18.9 Å². The van der Waals surface area contributed by atoms with E-state index in [1.165, 1.54) is 19.1 Å². The van der Waals surface area contributed by atoms with Crippen molar-refractivity contribution in [1.82, 2.24) is 5.32 Å². The Bertz CT molecular complexity index is 475. The van der Waals surface area contributed by atoms with Gasteiger partial charge in [-0.25, -0.2) is 0 Å². The van der Waals surface area contributed by atoms with E-state index < -0.39 is 6.23 Å². The Hall–Kier alpha value is -1.75. The number of rotatable bonds is 2. The molecule has 0 bridgehead atoms. The Kier molecular flexibility index (Phi) is 3.43. The van der Waals surface area contributed by atoms with Gasteiger partial charge in [0.15, 0.2) is 17.8 Å². The fourth-order valence-electron chi connectivity index (χ4n) is 2.19. The van der Waals surface area contributed by atoms with E-state index in [0.717, 1.165) is 6.42 Å². The van der Waals surface area contributed by atoms with Crippen molar-refractivity contribution in [2.24, 2.45) is 0 Å². The molecule has 1 N–H and O–H groups in total. The Balaban J connectivity index is 2.38. The Morgan fingerprint density at radius 1 is 1.39 bits per heavy atom. The molecule has 1 amide bonds. The van der Waals surface area contributed by atoms with Gasteiger partial charge in [0.25, 0.3) is 0 Å². The van der Waals surface area contributed by atoms with Gasteiger partial charge < -0.3 is 10.1 Å². The van der Waals surface area contributed by atoms with Crippen molar-refractivity contribution in [2.75, 3.05) is 0 Å². The number of nitrogens with one attached hydrogen (secondary N) is 1. The monoisotopic (exact) mass is 249 g/mol. The maximum absolute atomic E-state index is 11.8. The van der Waals surface area contributed by atoms with Crippen molar-refractivity contribution in [3.63, 3.8) is 0 Å². The topological polar surface area (TPSA) is 72.5 Å². The number of carbonyl (C=O) groups is 3. The van der Waals surface area contributed by atoms with Gasteiger partial charge in [-0.05, 0) is 18.6 Å². The summed E-state index contributed by atoms with van der Waals surface area (Å²) in [6, 6.07) is 0. The van der Waals surface area contributed by atoms with Gasteiger partial charge in [-0.3, -0.25) is 14.4 Å². The molecule has 2 rings (SSSR count). The van der Waals surface area contributed by atoms with E-state index in [-0.39, 0.29) is 29.2 Å². The minimum atomic E-state index is -0.808. The van der Waals surface area contributed by atoms with Crippen LogP contribution in [0.5, 0.6) is 0 Å². The standard InChI is InChI=1S/C13H15NO4/c1-3-8-6-9-10(16)4-5-11(17)12(9)13(18-8)14-7(2)15/h4-5,8,13H,3,6H2,1-2H3,(H,14,15). The van der Waals surface area contributed by atoms with Gasteiger partial charge in [0.1, 0.15) is 0 Å². The lowest BCUT2D eigenvalue weighted by atomic mass is 9.87. The van der Waals surface area contributed by atoms with Crippen molar-refractivity contribution < 1.29 is 19.1 Å². The third kappa shape index (κ3) is 2.26. The van der Waals surface area contributed by atoms with E-state index in [9.17, 15) is 14.4 Å². The van der Waals surface area contributed by atoms with Crippen molar-refractivity contribution in [2.45, 2.75) is 39.0 Å². The molecule has 2 atom stereocenters. The number of ether oxygens (including phenoxy) is 1. The first-order chi connectivity index (χ1) is 8.52. The van der Waals surface area contributed by atoms with E-state index >= 15 is 0 Å². The average molecular weight is 249 g/mol. The molecular weight excluding hydrogens is 234 g/mol. The van der Waals surface area contributed by atoms with Crippen LogP contribution >= 0.6 is 0 Å². The number of carbonyl (C=O) groups excluding carboxylic acids is 3. The minimum Gasteiger partial charge on any atom is -0.350 e. The first kappa shape index (κ1) is 12.7. The third-order valence-electron chi connectivity index (χ3n) is 3.09. The average Bonchev–Trinajstić information content (AvgIpc) is 2.32. The van der Waals surface area contributed by atoms with Crippen LogP contribution in [0.25, 0.3) is 0 Å². The zero-order valence-electron chi connectivity index (χ0n) is 10.4. The molecule has 0 saturated carbocycles. The quantitative estimate of drug-likeness (QED) is 0.729. The SMILES string of the molecule is CCC1CC2=C(C(=O)C=CC2=O)C(NC(C)=O)O1. The zero-order valence-corrected chi connectivity index (χ0v) is 10.4. The third-order valence-corrected chi connectivity index (χ3v) is 3.09. The fourth-order valence-corrected chi connectivity index (χ4v) is 2.19. The second-order valence-corrected chi connectivity index (χ2v) is 4.41. The van der Waals surface area contributed by atoms with Crippen LogP contribution in [0.3, 0.4) is 0 Å². The van der Waals surface area contributed by atoms with Crippen LogP contribution in [-0.2, 0) is 19.1 Å². The lowest BCUT2D eigenvalue weighted by molar-refractivity contribution is -0.127. The molecule has 1 aliphatic carbocycles. The van der Waals surface area contributed by atoms with Crippen LogP contribution < -0.4 is 5.32 Å². The van der Waals surface area contributed by atoms with Gasteiger partial charge >= 0.3 is 0 Å². The molecule has 0 spiro atoms. The van der Waals surface area contributed by atoms with Crippen LogP contribution in [-0.4, -0.2) is 29.8 Å². The van der Waals surface area contributed by atoms with E-state index in [2.05, 4.69) is 5.32 Å². The lowest BCUT2D eigenvalue weighted by Crippen LogP contribution is -2.46. The molecule has 0 radical (unpaired) electrons. The number of hydrogen-bond donors (Lipinski definition) is 1. The summed E-state index contributed by atoms with van der Waals surface area (Å²) in [4.78, 5) is 34.8. The van der Waals surface area contributed by atoms with Crippen LogP contribution in [0.4, 0.5) is 0 Å². The lowest BCUT2D eigenvalue weighted by Gasteiger charge is -2.33. The van der Waals surface area contributed by atoms with Gasteiger partial charge in [0.2, 0.25) is 5.91 Å². The number of allylic oxidation sites excluding steroid dienone is 2. The summed E-state index contributed by atoms with van der Waals surface area (Å²) in [6.45, 7) is 3.29. The molecule has 2 aliphatic rings. The molecule has 0 aromatic carbocycles. The summed E-state index contributed by atoms with van der Waals surface area (Å²) in [7, 11) is 0. The smallest absolute Gasteiger partial charge is 0.219 e. The molecular formula is C13H15NO4. The molecule has 18 heavy (non-hydrogen) atoms. The van der Waals surface area contributed by atoms with Crippen molar-refractivity contribution in [1.29, 1.82) is 0 Å². The van der Waals surface area contributed by atoms with E-state index in [1.54, 1.807) is 0 Å². The largest absolute Gasteiger partial charge is 0.350 e. The highest BCUT2D eigenvalue weighted by Crippen LogP contribution is 2.30. The maximum Gasteiger partial charge on any atom is 0.219 e. The summed E-state index contributed by atoms with van der Waals surface area (Å²) >= 11 is 0. The second-order valence-electron chi connectivity index (χ2n) is 4.41. The van der Waals surface area contributed by atoms with Gasteiger partial charge in [-0.1, -0.05) is 6.92 Å². The van der Waals surface area contributed by atoms with Crippen molar-refractivity contribution >= 4 is 17.5 Å². The van der Waals surface area contributed by atoms with Crippen LogP contribution in [0, 0.1) is 0 Å². The molecule has 96 valence electrons. The molecule has 2 unspecified atom stereocenters. The first-order valence-electron chi connectivity index (χ1n) is 5.95. The van der Waals surface area contributed by atoms with E-state index in [0.29, 0.717) is 12.0 Å². The van der Waals surface area contributed by atoms with Gasteiger partial charge in [0.05, 0.1) is 11.7 Å². The minimum absolute atomic E-state index is 0.149. The van der Waals surface area contributed by atoms with E-state index in [1.807, 2.05) is 6.92 Å². The highest BCUT2D eigenvalue weighted by Gasteiger charge is 2.36. The predicted octanol–water partition coefficient (Wildman–Crippen LogP) is 0.652. The summed E-state index contributed by atoms with van der Waals surface area (Å²) < 4.78 is 5.64. The molecule has 0 fully saturated rings. The second kappa shape index (κ2) is 4.86. The molecule has 0 saturated heterocycles. The summed E-state index contributed by atoms with van der Waals surface area (Å²) in [5.74, 6) is -0.724. The van der Waals surface area contributed by atoms with E-state index in [4.69, 9.17) is 4.74 Å². The Labute approximate surface area is 105 Å². The summed E-state index contributed by atoms with van der Waals surface area (Å²) in [5.41, 5.74) is 0.752. The maximum atomic E-state index is 11.8. The summed E-state index contributed by atoms with van der Waals surface area (Å²) in [5, 5.41) is 2.57. The molecule has 1 heterocycles. The summed E-state index contributed by atoms with van der Waals surface area (Å²) in [6.07, 6.45) is 2.70.